The van der Waals surface area contributed by atoms with E-state index < -0.39 is 5.67 Å². The fourth-order valence-electron chi connectivity index (χ4n) is 1.20. The lowest BCUT2D eigenvalue weighted by molar-refractivity contribution is 0.181. The van der Waals surface area contributed by atoms with Crippen molar-refractivity contribution >= 4 is 0 Å². The lowest BCUT2D eigenvalue weighted by atomic mass is 9.95. The lowest BCUT2D eigenvalue weighted by Crippen LogP contribution is -2.19. The van der Waals surface area contributed by atoms with E-state index in [0.717, 1.165) is 0 Å². The first-order chi connectivity index (χ1) is 5.67. The zero-order chi connectivity index (χ0) is 9.03. The SMILES string of the molecule is CC(F)(CCN)c1ccccc1. The molecule has 0 bridgehead atoms. The van der Waals surface area contributed by atoms with Crippen LogP contribution in [-0.4, -0.2) is 6.54 Å². The molecule has 0 saturated heterocycles. The van der Waals surface area contributed by atoms with Gasteiger partial charge in [-0.3, -0.25) is 0 Å². The van der Waals surface area contributed by atoms with Crippen molar-refractivity contribution in [2.75, 3.05) is 6.54 Å². The third-order valence-electron chi connectivity index (χ3n) is 1.99. The summed E-state index contributed by atoms with van der Waals surface area (Å²) in [5.74, 6) is 0. The quantitative estimate of drug-likeness (QED) is 0.734. The summed E-state index contributed by atoms with van der Waals surface area (Å²) in [6, 6.07) is 9.13. The van der Waals surface area contributed by atoms with Gasteiger partial charge in [0.15, 0.2) is 0 Å². The second-order valence-corrected chi connectivity index (χ2v) is 3.10. The molecule has 0 aliphatic carbocycles. The molecule has 12 heavy (non-hydrogen) atoms. The topological polar surface area (TPSA) is 26.0 Å². The van der Waals surface area contributed by atoms with E-state index in [9.17, 15) is 4.39 Å². The predicted octanol–water partition coefficient (Wildman–Crippen LogP) is 2.22. The molecule has 1 unspecified atom stereocenters. The average molecular weight is 167 g/mol. The van der Waals surface area contributed by atoms with Crippen molar-refractivity contribution in [3.05, 3.63) is 35.9 Å². The molecule has 1 nitrogen and oxygen atoms in total. The zero-order valence-corrected chi connectivity index (χ0v) is 7.26. The van der Waals surface area contributed by atoms with Crippen LogP contribution in [0.2, 0.25) is 0 Å². The second-order valence-electron chi connectivity index (χ2n) is 3.10. The van der Waals surface area contributed by atoms with Crippen molar-refractivity contribution in [2.24, 2.45) is 5.73 Å². The van der Waals surface area contributed by atoms with Crippen molar-refractivity contribution in [2.45, 2.75) is 19.0 Å². The highest BCUT2D eigenvalue weighted by atomic mass is 19.1. The van der Waals surface area contributed by atoms with Gasteiger partial charge in [0, 0.05) is 0 Å². The third-order valence-corrected chi connectivity index (χ3v) is 1.99. The van der Waals surface area contributed by atoms with Gasteiger partial charge in [-0.05, 0) is 25.5 Å². The summed E-state index contributed by atoms with van der Waals surface area (Å²) in [7, 11) is 0. The Hall–Kier alpha value is -0.890. The number of rotatable bonds is 3. The smallest absolute Gasteiger partial charge is 0.134 e. The van der Waals surface area contributed by atoms with E-state index in [2.05, 4.69) is 0 Å². The minimum absolute atomic E-state index is 0.372. The fraction of sp³-hybridized carbons (Fsp3) is 0.400. The van der Waals surface area contributed by atoms with Crippen LogP contribution in [0, 0.1) is 0 Å². The van der Waals surface area contributed by atoms with Crippen LogP contribution in [0.1, 0.15) is 18.9 Å². The largest absolute Gasteiger partial charge is 0.330 e. The molecule has 0 heterocycles. The standard InChI is InChI=1S/C10H14FN/c1-10(11,7-8-12)9-5-3-2-4-6-9/h2-6H,7-8,12H2,1H3. The van der Waals surface area contributed by atoms with Crippen molar-refractivity contribution in [1.29, 1.82) is 0 Å². The maximum atomic E-state index is 13.7. The highest BCUT2D eigenvalue weighted by Gasteiger charge is 2.23. The number of hydrogen-bond donors (Lipinski definition) is 1. The van der Waals surface area contributed by atoms with Gasteiger partial charge in [-0.2, -0.15) is 0 Å². The number of benzene rings is 1. The summed E-state index contributed by atoms with van der Waals surface area (Å²) in [4.78, 5) is 0. The number of nitrogens with two attached hydrogens (primary N) is 1. The minimum Gasteiger partial charge on any atom is -0.330 e. The van der Waals surface area contributed by atoms with Gasteiger partial charge in [-0.1, -0.05) is 30.3 Å². The van der Waals surface area contributed by atoms with Gasteiger partial charge in [0.1, 0.15) is 5.67 Å². The fourth-order valence-corrected chi connectivity index (χ4v) is 1.20. The highest BCUT2D eigenvalue weighted by Crippen LogP contribution is 2.27. The monoisotopic (exact) mass is 167 g/mol. The first kappa shape index (κ1) is 9.20. The van der Waals surface area contributed by atoms with Gasteiger partial charge in [0.05, 0.1) is 0 Å². The summed E-state index contributed by atoms with van der Waals surface area (Å²) in [6.07, 6.45) is 0.372. The third kappa shape index (κ3) is 2.05. The molecule has 2 heteroatoms. The molecule has 1 rings (SSSR count). The first-order valence-corrected chi connectivity index (χ1v) is 4.11. The van der Waals surface area contributed by atoms with E-state index in [1.165, 1.54) is 0 Å². The Labute approximate surface area is 72.4 Å². The Bertz CT molecular complexity index is 231. The van der Waals surface area contributed by atoms with Crippen LogP contribution in [0.25, 0.3) is 0 Å². The van der Waals surface area contributed by atoms with E-state index >= 15 is 0 Å². The zero-order valence-electron chi connectivity index (χ0n) is 7.26. The average Bonchev–Trinajstić information content (AvgIpc) is 2.06. The van der Waals surface area contributed by atoms with Crippen LogP contribution in [0.15, 0.2) is 30.3 Å². The summed E-state index contributed by atoms with van der Waals surface area (Å²) >= 11 is 0. The Kier molecular flexibility index (Phi) is 2.82. The molecule has 0 aromatic heterocycles. The number of halogens is 1. The Balaban J connectivity index is 2.82. The van der Waals surface area contributed by atoms with Gasteiger partial charge in [-0.15, -0.1) is 0 Å². The normalized spacial score (nSPS) is 15.6. The van der Waals surface area contributed by atoms with Crippen LogP contribution in [0.5, 0.6) is 0 Å². The summed E-state index contributed by atoms with van der Waals surface area (Å²) in [5.41, 5.74) is 4.73. The number of alkyl halides is 1. The van der Waals surface area contributed by atoms with Gasteiger partial charge in [0.25, 0.3) is 0 Å². The first-order valence-electron chi connectivity index (χ1n) is 4.11. The van der Waals surface area contributed by atoms with E-state index in [0.29, 0.717) is 18.5 Å². The molecule has 1 atom stereocenters. The molecule has 0 aliphatic rings. The van der Waals surface area contributed by atoms with Crippen LogP contribution in [0.3, 0.4) is 0 Å². The van der Waals surface area contributed by atoms with Crippen molar-refractivity contribution in [3.63, 3.8) is 0 Å². The highest BCUT2D eigenvalue weighted by molar-refractivity contribution is 5.21. The molecule has 1 aromatic rings. The van der Waals surface area contributed by atoms with Gasteiger partial charge in [-0.25, -0.2) is 4.39 Å². The van der Waals surface area contributed by atoms with E-state index in [1.807, 2.05) is 18.2 Å². The van der Waals surface area contributed by atoms with E-state index in [4.69, 9.17) is 5.73 Å². The molecule has 0 fully saturated rings. The Morgan fingerprint density at radius 2 is 1.92 bits per heavy atom. The molecule has 0 spiro atoms. The summed E-state index contributed by atoms with van der Waals surface area (Å²) in [5, 5.41) is 0. The summed E-state index contributed by atoms with van der Waals surface area (Å²) < 4.78 is 13.7. The molecule has 0 radical (unpaired) electrons. The second kappa shape index (κ2) is 3.68. The predicted molar refractivity (Wildman–Crippen MR) is 48.6 cm³/mol. The van der Waals surface area contributed by atoms with Crippen LogP contribution in [-0.2, 0) is 5.67 Å². The molecular formula is C10H14FN. The van der Waals surface area contributed by atoms with E-state index in [1.54, 1.807) is 19.1 Å². The molecule has 0 amide bonds. The molecule has 1 aromatic carbocycles. The molecular weight excluding hydrogens is 153 g/mol. The van der Waals surface area contributed by atoms with Crippen LogP contribution >= 0.6 is 0 Å². The van der Waals surface area contributed by atoms with Crippen LogP contribution < -0.4 is 5.73 Å². The Morgan fingerprint density at radius 3 is 2.42 bits per heavy atom. The van der Waals surface area contributed by atoms with Crippen molar-refractivity contribution in [3.8, 4) is 0 Å². The maximum absolute atomic E-state index is 13.7. The van der Waals surface area contributed by atoms with E-state index in [-0.39, 0.29) is 0 Å². The maximum Gasteiger partial charge on any atom is 0.134 e. The van der Waals surface area contributed by atoms with Crippen LogP contribution in [0.4, 0.5) is 4.39 Å². The Morgan fingerprint density at radius 1 is 1.33 bits per heavy atom. The van der Waals surface area contributed by atoms with Crippen molar-refractivity contribution in [1.82, 2.24) is 0 Å². The van der Waals surface area contributed by atoms with Gasteiger partial charge in [0.2, 0.25) is 0 Å². The molecule has 66 valence electrons. The summed E-state index contributed by atoms with van der Waals surface area (Å²) in [6.45, 7) is 1.94. The lowest BCUT2D eigenvalue weighted by Gasteiger charge is -2.19. The van der Waals surface area contributed by atoms with Gasteiger partial charge >= 0.3 is 0 Å². The van der Waals surface area contributed by atoms with Crippen molar-refractivity contribution < 1.29 is 4.39 Å². The van der Waals surface area contributed by atoms with Gasteiger partial charge < -0.3 is 5.73 Å². The molecule has 2 N–H and O–H groups in total. The number of hydrogen-bond acceptors (Lipinski definition) is 1. The molecule has 0 aliphatic heterocycles. The minimum atomic E-state index is -1.28. The molecule has 0 saturated carbocycles.